The van der Waals surface area contributed by atoms with E-state index in [0.29, 0.717) is 28.4 Å². The first kappa shape index (κ1) is 35.4. The Kier molecular flexibility index (Phi) is 12.6. The lowest BCUT2D eigenvalue weighted by Crippen LogP contribution is -2.08. The summed E-state index contributed by atoms with van der Waals surface area (Å²) in [7, 11) is 0. The molecule has 0 aliphatic rings. The van der Waals surface area contributed by atoms with Crippen LogP contribution in [0.4, 0.5) is 4.39 Å². The van der Waals surface area contributed by atoms with Crippen molar-refractivity contribution in [1.82, 2.24) is 9.97 Å². The molecular formula is C36H26ClFN4O7. The zero-order valence-corrected chi connectivity index (χ0v) is 26.8. The molecule has 2 aromatic heterocycles. The molecular weight excluding hydrogens is 655 g/mol. The van der Waals surface area contributed by atoms with Gasteiger partial charge in [0.2, 0.25) is 17.6 Å². The first-order chi connectivity index (χ1) is 23.7. The van der Waals surface area contributed by atoms with Crippen LogP contribution in [0.25, 0.3) is 0 Å². The fourth-order valence-corrected chi connectivity index (χ4v) is 4.03. The number of aromatic nitrogens is 2. The number of nitriles is 2. The van der Waals surface area contributed by atoms with E-state index in [2.05, 4.69) is 9.97 Å². The Bertz CT molecular complexity index is 1990. The van der Waals surface area contributed by atoms with Crippen molar-refractivity contribution in [2.24, 2.45) is 0 Å². The summed E-state index contributed by atoms with van der Waals surface area (Å²) in [6.45, 7) is 3.85. The number of carbonyl (C=O) groups is 2. The van der Waals surface area contributed by atoms with Gasteiger partial charge in [-0.1, -0.05) is 11.6 Å². The van der Waals surface area contributed by atoms with Crippen LogP contribution in [-0.2, 0) is 9.47 Å². The van der Waals surface area contributed by atoms with Gasteiger partial charge < -0.3 is 23.7 Å². The minimum absolute atomic E-state index is 0.0135. The Labute approximate surface area is 285 Å². The van der Waals surface area contributed by atoms with E-state index < -0.39 is 17.8 Å². The summed E-state index contributed by atoms with van der Waals surface area (Å²) in [5, 5.41) is 17.6. The van der Waals surface area contributed by atoms with Crippen molar-refractivity contribution in [3.8, 4) is 47.0 Å². The van der Waals surface area contributed by atoms with Crippen LogP contribution in [0.3, 0.4) is 0 Å². The number of hydrogen-bond donors (Lipinski definition) is 0. The van der Waals surface area contributed by atoms with Gasteiger partial charge in [-0.25, -0.2) is 19.0 Å². The molecule has 0 saturated carbocycles. The Morgan fingerprint density at radius 1 is 0.633 bits per heavy atom. The van der Waals surface area contributed by atoms with Crippen LogP contribution in [0.1, 0.15) is 45.7 Å². The summed E-state index contributed by atoms with van der Waals surface area (Å²) >= 11 is 5.94. The van der Waals surface area contributed by atoms with Crippen LogP contribution < -0.4 is 14.2 Å². The average Bonchev–Trinajstić information content (AvgIpc) is 3.10. The zero-order chi connectivity index (χ0) is 35.2. The molecule has 0 spiro atoms. The molecule has 0 atom stereocenters. The van der Waals surface area contributed by atoms with Gasteiger partial charge >= 0.3 is 11.9 Å². The van der Waals surface area contributed by atoms with Crippen LogP contribution in [0, 0.1) is 28.5 Å². The number of carbonyl (C=O) groups excluding carboxylic acids is 2. The molecule has 3 aromatic carbocycles. The van der Waals surface area contributed by atoms with Crippen LogP contribution >= 0.6 is 11.6 Å². The maximum Gasteiger partial charge on any atom is 0.343 e. The van der Waals surface area contributed by atoms with Crippen molar-refractivity contribution in [2.75, 3.05) is 13.2 Å². The summed E-state index contributed by atoms with van der Waals surface area (Å²) in [6, 6.07) is 28.3. The number of hydrogen-bond acceptors (Lipinski definition) is 11. The minimum Gasteiger partial charge on any atom is -0.462 e. The molecule has 0 aliphatic heterocycles. The molecule has 0 saturated heterocycles. The predicted molar refractivity (Wildman–Crippen MR) is 174 cm³/mol. The average molecular weight is 681 g/mol. The lowest BCUT2D eigenvalue weighted by molar-refractivity contribution is 0.0514. The van der Waals surface area contributed by atoms with Crippen molar-refractivity contribution >= 4 is 23.5 Å². The molecule has 246 valence electrons. The van der Waals surface area contributed by atoms with E-state index in [9.17, 15) is 14.0 Å². The predicted octanol–water partition coefficient (Wildman–Crippen LogP) is 8.43. The van der Waals surface area contributed by atoms with Crippen molar-refractivity contribution in [3.05, 3.63) is 130 Å². The quantitative estimate of drug-likeness (QED) is 0.103. The fraction of sp³-hybridized carbons (Fsp3) is 0.111. The molecule has 13 heteroatoms. The molecule has 2 heterocycles. The zero-order valence-electron chi connectivity index (χ0n) is 26.1. The topological polar surface area (TPSA) is 154 Å². The molecule has 0 fully saturated rings. The summed E-state index contributed by atoms with van der Waals surface area (Å²) in [6.07, 6.45) is 0. The van der Waals surface area contributed by atoms with E-state index in [1.165, 1.54) is 48.5 Å². The van der Waals surface area contributed by atoms with E-state index >= 15 is 0 Å². The monoisotopic (exact) mass is 680 g/mol. The molecule has 0 N–H and O–H groups in total. The van der Waals surface area contributed by atoms with Crippen LogP contribution in [0.5, 0.6) is 34.9 Å². The fourth-order valence-electron chi connectivity index (χ4n) is 3.81. The second-order valence-corrected chi connectivity index (χ2v) is 9.82. The second-order valence-electron chi connectivity index (χ2n) is 9.46. The summed E-state index contributed by atoms with van der Waals surface area (Å²) in [5.41, 5.74) is 1.33. The third kappa shape index (κ3) is 10.2. The molecule has 0 amide bonds. The lowest BCUT2D eigenvalue weighted by Gasteiger charge is -2.12. The van der Waals surface area contributed by atoms with Crippen molar-refractivity contribution < 1.29 is 37.7 Å². The van der Waals surface area contributed by atoms with Crippen LogP contribution in [0.15, 0.2) is 97.1 Å². The maximum absolute atomic E-state index is 13.1. The van der Waals surface area contributed by atoms with E-state index in [1.807, 2.05) is 12.1 Å². The number of benzene rings is 3. The highest BCUT2D eigenvalue weighted by Gasteiger charge is 2.18. The highest BCUT2D eigenvalue weighted by atomic mass is 35.5. The van der Waals surface area contributed by atoms with Crippen LogP contribution in [0.2, 0.25) is 5.15 Å². The molecule has 0 unspecified atom stereocenters. The van der Waals surface area contributed by atoms with Crippen molar-refractivity contribution in [3.63, 3.8) is 0 Å². The number of esters is 2. The smallest absolute Gasteiger partial charge is 0.343 e. The number of nitrogens with zero attached hydrogens (tertiary/aromatic N) is 4. The van der Waals surface area contributed by atoms with Gasteiger partial charge in [-0.15, -0.1) is 0 Å². The van der Waals surface area contributed by atoms with E-state index in [-0.39, 0.29) is 47.1 Å². The van der Waals surface area contributed by atoms with E-state index in [4.69, 9.17) is 45.8 Å². The van der Waals surface area contributed by atoms with Gasteiger partial charge in [0.15, 0.2) is 0 Å². The lowest BCUT2D eigenvalue weighted by atomic mass is 10.2. The first-order valence-corrected chi connectivity index (χ1v) is 14.9. The maximum atomic E-state index is 13.1. The normalized spacial score (nSPS) is 9.92. The molecule has 49 heavy (non-hydrogen) atoms. The Morgan fingerprint density at radius 2 is 1.06 bits per heavy atom. The number of pyridine rings is 2. The molecule has 0 radical (unpaired) electrons. The van der Waals surface area contributed by atoms with Gasteiger partial charge in [0.05, 0.1) is 42.0 Å². The minimum atomic E-state index is -0.600. The highest BCUT2D eigenvalue weighted by molar-refractivity contribution is 6.32. The third-order valence-electron chi connectivity index (χ3n) is 6.09. The first-order valence-electron chi connectivity index (χ1n) is 14.5. The standard InChI is InChI=1S/C21H15FN2O4.C15H11ClN2O3/c1-2-26-21(25)18-11-12-19(27-16-7-3-14(13-23)4-8-16)24-20(18)28-17-9-5-15(22)6-10-17;1-2-20-15(19)12-7-8-13(18-14(12)16)21-11-5-3-10(9-17)4-6-11/h3-12H,2H2,1H3;3-8H,2H2,1H3. The Hall–Kier alpha value is -6.50. The van der Waals surface area contributed by atoms with E-state index in [1.54, 1.807) is 62.4 Å². The number of ether oxygens (including phenoxy) is 5. The molecule has 0 aliphatic carbocycles. The molecule has 0 bridgehead atoms. The van der Waals surface area contributed by atoms with Gasteiger partial charge in [-0.05, 0) is 98.8 Å². The third-order valence-corrected chi connectivity index (χ3v) is 6.38. The largest absolute Gasteiger partial charge is 0.462 e. The van der Waals surface area contributed by atoms with Gasteiger partial charge in [0.25, 0.3) is 0 Å². The number of rotatable bonds is 10. The highest BCUT2D eigenvalue weighted by Crippen LogP contribution is 2.29. The van der Waals surface area contributed by atoms with Crippen molar-refractivity contribution in [2.45, 2.75) is 13.8 Å². The summed E-state index contributed by atoms with van der Waals surface area (Å²) < 4.78 is 39.8. The van der Waals surface area contributed by atoms with Crippen molar-refractivity contribution in [1.29, 1.82) is 10.5 Å². The SMILES string of the molecule is CCOC(=O)c1ccc(Oc2ccc(C#N)cc2)nc1Cl.CCOC(=O)c1ccc(Oc2ccc(C#N)cc2)nc1Oc1ccc(F)cc1. The molecule has 5 aromatic rings. The van der Waals surface area contributed by atoms with Gasteiger partial charge in [-0.3, -0.25) is 0 Å². The Morgan fingerprint density at radius 3 is 1.53 bits per heavy atom. The second kappa shape index (κ2) is 17.4. The van der Waals surface area contributed by atoms with Gasteiger partial charge in [0.1, 0.15) is 33.8 Å². The van der Waals surface area contributed by atoms with Gasteiger partial charge in [0, 0.05) is 12.1 Å². The Balaban J connectivity index is 0.000000230. The summed E-state index contributed by atoms with van der Waals surface area (Å²) in [4.78, 5) is 32.0. The van der Waals surface area contributed by atoms with Crippen LogP contribution in [-0.4, -0.2) is 35.1 Å². The summed E-state index contributed by atoms with van der Waals surface area (Å²) in [5.74, 6) is 0.129. The molecule has 5 rings (SSSR count). The van der Waals surface area contributed by atoms with Gasteiger partial charge in [-0.2, -0.15) is 15.5 Å². The number of halogens is 2. The molecule has 11 nitrogen and oxygen atoms in total. The van der Waals surface area contributed by atoms with E-state index in [0.717, 1.165) is 0 Å².